The van der Waals surface area contributed by atoms with E-state index in [0.29, 0.717) is 23.0 Å². The molecule has 4 aromatic rings. The molecule has 0 saturated carbocycles. The molecule has 2 aromatic heterocycles. The number of aryl methyl sites for hydroxylation is 1. The minimum Gasteiger partial charge on any atom is -0.493 e. The molecule has 0 bridgehead atoms. The first-order chi connectivity index (χ1) is 15.0. The third-order valence-electron chi connectivity index (χ3n) is 5.48. The van der Waals surface area contributed by atoms with Crippen LogP contribution in [0.15, 0.2) is 46.9 Å². The van der Waals surface area contributed by atoms with Gasteiger partial charge in [-0.05, 0) is 49.8 Å². The van der Waals surface area contributed by atoms with Crippen LogP contribution in [0.4, 0.5) is 5.13 Å². The Labute approximate surface area is 198 Å². The van der Waals surface area contributed by atoms with Gasteiger partial charge in [-0.1, -0.05) is 43.4 Å². The number of carbonyl (C=O) groups excluding carboxylic acids is 1. The first kappa shape index (κ1) is 24.0. The van der Waals surface area contributed by atoms with E-state index in [0.717, 1.165) is 35.2 Å². The Morgan fingerprint density at radius 3 is 2.62 bits per heavy atom. The number of methoxy groups -OCH3 is 1. The molecule has 8 heteroatoms. The number of ether oxygens (including phenoxy) is 1. The lowest BCUT2D eigenvalue weighted by Gasteiger charge is -2.24. The SMILES string of the molecule is CCN(CC)CCN(C(=O)c1cc2cccc(OC)c2o1)c1nc2ccc(C)cc2s1.Cl. The Balaban J connectivity index is 0.00000289. The average molecular weight is 474 g/mol. The lowest BCUT2D eigenvalue weighted by atomic mass is 10.2. The summed E-state index contributed by atoms with van der Waals surface area (Å²) in [5.41, 5.74) is 2.66. The van der Waals surface area contributed by atoms with Gasteiger partial charge in [0.2, 0.25) is 0 Å². The van der Waals surface area contributed by atoms with E-state index < -0.39 is 0 Å². The third-order valence-corrected chi connectivity index (χ3v) is 6.52. The highest BCUT2D eigenvalue weighted by molar-refractivity contribution is 7.22. The molecule has 0 aliphatic rings. The van der Waals surface area contributed by atoms with E-state index in [1.165, 1.54) is 16.9 Å². The van der Waals surface area contributed by atoms with Crippen LogP contribution < -0.4 is 9.64 Å². The highest BCUT2D eigenvalue weighted by Gasteiger charge is 2.25. The van der Waals surface area contributed by atoms with Crippen LogP contribution >= 0.6 is 23.7 Å². The van der Waals surface area contributed by atoms with Crippen LogP contribution in [-0.2, 0) is 0 Å². The molecule has 0 N–H and O–H groups in total. The first-order valence-electron chi connectivity index (χ1n) is 10.5. The molecule has 0 fully saturated rings. The average Bonchev–Trinajstić information content (AvgIpc) is 3.40. The first-order valence-corrected chi connectivity index (χ1v) is 11.3. The number of hydrogen-bond donors (Lipinski definition) is 0. The van der Waals surface area contributed by atoms with Gasteiger partial charge in [-0.15, -0.1) is 12.4 Å². The largest absolute Gasteiger partial charge is 0.493 e. The second kappa shape index (κ2) is 10.3. The van der Waals surface area contributed by atoms with E-state index in [4.69, 9.17) is 14.1 Å². The monoisotopic (exact) mass is 473 g/mol. The van der Waals surface area contributed by atoms with E-state index in [2.05, 4.69) is 31.7 Å². The van der Waals surface area contributed by atoms with Gasteiger partial charge in [-0.2, -0.15) is 0 Å². The van der Waals surface area contributed by atoms with E-state index in [1.807, 2.05) is 30.3 Å². The molecule has 2 heterocycles. The fourth-order valence-electron chi connectivity index (χ4n) is 3.64. The number of para-hydroxylation sites is 1. The number of anilines is 1. The number of aromatic nitrogens is 1. The fourth-order valence-corrected chi connectivity index (χ4v) is 4.72. The zero-order chi connectivity index (χ0) is 22.0. The number of thiazole rings is 1. The number of nitrogens with zero attached hydrogens (tertiary/aromatic N) is 3. The van der Waals surface area contributed by atoms with Gasteiger partial charge in [0.1, 0.15) is 0 Å². The molecular weight excluding hydrogens is 446 g/mol. The van der Waals surface area contributed by atoms with E-state index in [1.54, 1.807) is 18.1 Å². The van der Waals surface area contributed by atoms with Gasteiger partial charge in [0, 0.05) is 18.5 Å². The fraction of sp³-hybridized carbons (Fsp3) is 0.333. The van der Waals surface area contributed by atoms with Gasteiger partial charge in [-0.3, -0.25) is 9.69 Å². The summed E-state index contributed by atoms with van der Waals surface area (Å²) in [7, 11) is 1.60. The molecule has 0 saturated heterocycles. The normalized spacial score (nSPS) is 11.2. The molecule has 4 rings (SSSR count). The Morgan fingerprint density at radius 1 is 1.12 bits per heavy atom. The second-order valence-corrected chi connectivity index (χ2v) is 8.45. The Hall–Kier alpha value is -2.61. The van der Waals surface area contributed by atoms with Gasteiger partial charge in [-0.25, -0.2) is 4.98 Å². The molecule has 32 heavy (non-hydrogen) atoms. The Bertz CT molecular complexity index is 1220. The van der Waals surface area contributed by atoms with Gasteiger partial charge >= 0.3 is 0 Å². The lowest BCUT2D eigenvalue weighted by molar-refractivity contribution is 0.0959. The van der Waals surface area contributed by atoms with Crippen molar-refractivity contribution < 1.29 is 13.9 Å². The van der Waals surface area contributed by atoms with E-state index in [-0.39, 0.29) is 24.1 Å². The third kappa shape index (κ3) is 4.75. The Kier molecular flexibility index (Phi) is 7.77. The number of halogens is 1. The van der Waals surface area contributed by atoms with Crippen molar-refractivity contribution in [2.45, 2.75) is 20.8 Å². The minimum atomic E-state index is -0.193. The van der Waals surface area contributed by atoms with Crippen LogP contribution in [0.1, 0.15) is 30.0 Å². The van der Waals surface area contributed by atoms with E-state index >= 15 is 0 Å². The summed E-state index contributed by atoms with van der Waals surface area (Å²) in [5, 5.41) is 1.52. The summed E-state index contributed by atoms with van der Waals surface area (Å²) in [5.74, 6) is 0.706. The Morgan fingerprint density at radius 2 is 1.91 bits per heavy atom. The molecule has 0 aliphatic heterocycles. The van der Waals surface area contributed by atoms with Crippen LogP contribution in [-0.4, -0.2) is 49.1 Å². The molecule has 2 aromatic carbocycles. The van der Waals surface area contributed by atoms with Crippen molar-refractivity contribution in [3.05, 3.63) is 53.8 Å². The van der Waals surface area contributed by atoms with Crippen LogP contribution in [0.25, 0.3) is 21.2 Å². The molecule has 0 atom stereocenters. The predicted molar refractivity (Wildman–Crippen MR) is 134 cm³/mol. The van der Waals surface area contributed by atoms with Gasteiger partial charge < -0.3 is 14.1 Å². The summed E-state index contributed by atoms with van der Waals surface area (Å²) < 4.78 is 12.4. The number of hydrogen-bond acceptors (Lipinski definition) is 6. The molecule has 0 aliphatic carbocycles. The zero-order valence-electron chi connectivity index (χ0n) is 18.8. The number of carbonyl (C=O) groups is 1. The van der Waals surface area contributed by atoms with Gasteiger partial charge in [0.05, 0.1) is 17.3 Å². The molecular formula is C24H28ClN3O3S. The van der Waals surface area contributed by atoms with Crippen molar-refractivity contribution in [3.63, 3.8) is 0 Å². The van der Waals surface area contributed by atoms with Gasteiger partial charge in [0.25, 0.3) is 5.91 Å². The number of benzene rings is 2. The maximum absolute atomic E-state index is 13.6. The molecule has 6 nitrogen and oxygen atoms in total. The van der Waals surface area contributed by atoms with Crippen LogP contribution in [0.3, 0.4) is 0 Å². The molecule has 0 unspecified atom stereocenters. The van der Waals surface area contributed by atoms with Crippen LogP contribution in [0, 0.1) is 6.92 Å². The van der Waals surface area contributed by atoms with Crippen molar-refractivity contribution in [2.24, 2.45) is 0 Å². The lowest BCUT2D eigenvalue weighted by Crippen LogP contribution is -2.38. The molecule has 170 valence electrons. The van der Waals surface area contributed by atoms with Gasteiger partial charge in [0.15, 0.2) is 22.2 Å². The standard InChI is InChI=1S/C24H27N3O3S.ClH/c1-5-26(6-2)12-13-27(24-25-18-11-10-16(3)14-21(18)31-24)23(28)20-15-17-8-7-9-19(29-4)22(17)30-20;/h7-11,14-15H,5-6,12-13H2,1-4H3;1H. The van der Waals surface area contributed by atoms with Crippen molar-refractivity contribution in [3.8, 4) is 5.75 Å². The molecule has 0 radical (unpaired) electrons. The summed E-state index contributed by atoms with van der Waals surface area (Å²) in [6.07, 6.45) is 0. The quantitative estimate of drug-likeness (QED) is 0.325. The maximum Gasteiger partial charge on any atom is 0.295 e. The molecule has 0 spiro atoms. The summed E-state index contributed by atoms with van der Waals surface area (Å²) in [6, 6.07) is 13.6. The second-order valence-electron chi connectivity index (χ2n) is 7.44. The number of rotatable bonds is 8. The minimum absolute atomic E-state index is 0. The number of furan rings is 1. The zero-order valence-corrected chi connectivity index (χ0v) is 20.4. The van der Waals surface area contributed by atoms with Crippen LogP contribution in [0.5, 0.6) is 5.75 Å². The maximum atomic E-state index is 13.6. The van der Waals surface area contributed by atoms with E-state index in [9.17, 15) is 4.79 Å². The highest BCUT2D eigenvalue weighted by Crippen LogP contribution is 2.33. The smallest absolute Gasteiger partial charge is 0.295 e. The number of amides is 1. The van der Waals surface area contributed by atoms with Crippen LogP contribution in [0.2, 0.25) is 0 Å². The summed E-state index contributed by atoms with van der Waals surface area (Å²) in [4.78, 5) is 22.4. The topological polar surface area (TPSA) is 58.8 Å². The predicted octanol–water partition coefficient (Wildman–Crippen LogP) is 5.77. The van der Waals surface area contributed by atoms with Crippen molar-refractivity contribution in [1.29, 1.82) is 0 Å². The van der Waals surface area contributed by atoms with Crippen molar-refractivity contribution in [2.75, 3.05) is 38.2 Å². The van der Waals surface area contributed by atoms with Crippen molar-refractivity contribution in [1.82, 2.24) is 9.88 Å². The summed E-state index contributed by atoms with van der Waals surface area (Å²) in [6.45, 7) is 9.47. The molecule has 1 amide bonds. The number of likely N-dealkylation sites (N-methyl/N-ethyl adjacent to an activating group) is 1. The number of fused-ring (bicyclic) bond motifs is 2. The summed E-state index contributed by atoms with van der Waals surface area (Å²) >= 11 is 1.53. The van der Waals surface area contributed by atoms with Crippen molar-refractivity contribution >= 4 is 56.0 Å². The highest BCUT2D eigenvalue weighted by atomic mass is 35.5.